The third-order valence-corrected chi connectivity index (χ3v) is 3.55. The van der Waals surface area contributed by atoms with Crippen LogP contribution in [0.15, 0.2) is 18.2 Å². The van der Waals surface area contributed by atoms with E-state index in [0.29, 0.717) is 0 Å². The normalized spacial score (nSPS) is 15.8. The molecule has 3 nitrogen and oxygen atoms in total. The first-order valence-electron chi connectivity index (χ1n) is 7.10. The summed E-state index contributed by atoms with van der Waals surface area (Å²) < 4.78 is 5.65. The minimum atomic E-state index is 0. The molecule has 1 saturated heterocycles. The average Bonchev–Trinajstić information content (AvgIpc) is 2.38. The fraction of sp³-hybridized carbons (Fsp3) is 0.562. The number of rotatable bonds is 4. The molecule has 0 aromatic heterocycles. The zero-order valence-electron chi connectivity index (χ0n) is 12.4. The van der Waals surface area contributed by atoms with Gasteiger partial charge in [0.05, 0.1) is 6.10 Å². The largest absolute Gasteiger partial charge is 0.491 e. The van der Waals surface area contributed by atoms with Crippen molar-refractivity contribution in [2.75, 3.05) is 13.1 Å². The van der Waals surface area contributed by atoms with Gasteiger partial charge in [0.25, 0.3) is 0 Å². The number of carbonyl (C=O) groups excluding carboxylic acids is 1. The Hall–Kier alpha value is -1.06. The zero-order chi connectivity index (χ0) is 13.8. The molecule has 2 rings (SSSR count). The summed E-state index contributed by atoms with van der Waals surface area (Å²) in [6.45, 7) is 7.89. The van der Waals surface area contributed by atoms with Crippen molar-refractivity contribution < 1.29 is 9.53 Å². The smallest absolute Gasteiger partial charge is 0.166 e. The third-order valence-electron chi connectivity index (χ3n) is 3.55. The van der Waals surface area contributed by atoms with Gasteiger partial charge in [0.2, 0.25) is 0 Å². The molecule has 0 spiro atoms. The Bertz CT molecular complexity index is 454. The van der Waals surface area contributed by atoms with Crippen molar-refractivity contribution in [3.8, 4) is 5.75 Å². The summed E-state index contributed by atoms with van der Waals surface area (Å²) in [6.07, 6.45) is 2.05. The lowest BCUT2D eigenvalue weighted by molar-refractivity contribution is 0.0894. The van der Waals surface area contributed by atoms with Gasteiger partial charge in [-0.3, -0.25) is 4.79 Å². The maximum atomic E-state index is 12.5. The molecule has 4 heteroatoms. The minimum Gasteiger partial charge on any atom is -0.491 e. The second-order valence-corrected chi connectivity index (χ2v) is 5.53. The van der Waals surface area contributed by atoms with Crippen molar-refractivity contribution >= 4 is 18.2 Å². The lowest BCUT2D eigenvalue weighted by atomic mass is 9.88. The monoisotopic (exact) mass is 297 g/mol. The maximum Gasteiger partial charge on any atom is 0.166 e. The van der Waals surface area contributed by atoms with Crippen LogP contribution in [-0.2, 0) is 0 Å². The molecule has 0 aliphatic carbocycles. The Morgan fingerprint density at radius 3 is 2.50 bits per heavy atom. The Kier molecular flexibility index (Phi) is 6.50. The van der Waals surface area contributed by atoms with E-state index in [0.717, 1.165) is 42.8 Å². The molecular weight excluding hydrogens is 274 g/mol. The van der Waals surface area contributed by atoms with E-state index in [1.54, 1.807) is 0 Å². The van der Waals surface area contributed by atoms with Crippen LogP contribution in [0.1, 0.15) is 42.6 Å². The van der Waals surface area contributed by atoms with Gasteiger partial charge < -0.3 is 10.1 Å². The average molecular weight is 298 g/mol. The first kappa shape index (κ1) is 17.0. The van der Waals surface area contributed by atoms with E-state index < -0.39 is 0 Å². The quantitative estimate of drug-likeness (QED) is 0.866. The summed E-state index contributed by atoms with van der Waals surface area (Å²) >= 11 is 0. The van der Waals surface area contributed by atoms with Crippen LogP contribution in [-0.4, -0.2) is 25.0 Å². The number of benzene rings is 1. The van der Waals surface area contributed by atoms with Crippen LogP contribution >= 0.6 is 12.4 Å². The standard InChI is InChI=1S/C16H23NO2.ClH/c1-11(2)19-14-4-5-15(12(3)10-14)16(18)13-6-8-17-9-7-13;/h4-5,10-11,13,17H,6-9H2,1-3H3;1H. The van der Waals surface area contributed by atoms with Crippen LogP contribution in [0.2, 0.25) is 0 Å². The van der Waals surface area contributed by atoms with Crippen LogP contribution in [0.3, 0.4) is 0 Å². The van der Waals surface area contributed by atoms with Crippen LogP contribution in [0.4, 0.5) is 0 Å². The molecule has 0 bridgehead atoms. The summed E-state index contributed by atoms with van der Waals surface area (Å²) in [6, 6.07) is 5.78. The number of halogens is 1. The molecule has 20 heavy (non-hydrogen) atoms. The molecular formula is C16H24ClNO2. The number of ketones is 1. The summed E-state index contributed by atoms with van der Waals surface area (Å²) in [5.74, 6) is 1.31. The lowest BCUT2D eigenvalue weighted by Crippen LogP contribution is -2.32. The predicted octanol–water partition coefficient (Wildman–Crippen LogP) is 3.39. The number of hydrogen-bond acceptors (Lipinski definition) is 3. The van der Waals surface area contributed by atoms with Gasteiger partial charge in [0.15, 0.2) is 5.78 Å². The van der Waals surface area contributed by atoms with E-state index in [1.165, 1.54) is 0 Å². The van der Waals surface area contributed by atoms with Gasteiger partial charge in [0, 0.05) is 11.5 Å². The molecule has 0 saturated carbocycles. The third kappa shape index (κ3) is 4.22. The van der Waals surface area contributed by atoms with Crippen LogP contribution in [0.25, 0.3) is 0 Å². The van der Waals surface area contributed by atoms with Gasteiger partial charge in [-0.2, -0.15) is 0 Å². The highest BCUT2D eigenvalue weighted by Gasteiger charge is 2.23. The Labute approximate surface area is 127 Å². The topological polar surface area (TPSA) is 38.3 Å². The highest BCUT2D eigenvalue weighted by Crippen LogP contribution is 2.24. The number of carbonyl (C=O) groups is 1. The molecule has 112 valence electrons. The van der Waals surface area contributed by atoms with Gasteiger partial charge in [0.1, 0.15) is 5.75 Å². The molecule has 1 heterocycles. The van der Waals surface area contributed by atoms with Crippen molar-refractivity contribution in [2.24, 2.45) is 5.92 Å². The van der Waals surface area contributed by atoms with Crippen LogP contribution < -0.4 is 10.1 Å². The molecule has 0 radical (unpaired) electrons. The molecule has 0 amide bonds. The van der Waals surface area contributed by atoms with Gasteiger partial charge in [-0.25, -0.2) is 0 Å². The summed E-state index contributed by atoms with van der Waals surface area (Å²) in [7, 11) is 0. The first-order chi connectivity index (χ1) is 9.08. The molecule has 1 N–H and O–H groups in total. The molecule has 1 aromatic carbocycles. The summed E-state index contributed by atoms with van der Waals surface area (Å²) in [5, 5.41) is 3.29. The molecule has 1 aliphatic heterocycles. The van der Waals surface area contributed by atoms with Crippen molar-refractivity contribution in [3.05, 3.63) is 29.3 Å². The highest BCUT2D eigenvalue weighted by atomic mass is 35.5. The van der Waals surface area contributed by atoms with Crippen LogP contribution in [0.5, 0.6) is 5.75 Å². The number of ether oxygens (including phenoxy) is 1. The van der Waals surface area contributed by atoms with E-state index in [1.807, 2.05) is 39.0 Å². The van der Waals surface area contributed by atoms with E-state index in [2.05, 4.69) is 5.32 Å². The second kappa shape index (κ2) is 7.65. The number of piperidine rings is 1. The first-order valence-corrected chi connectivity index (χ1v) is 7.10. The fourth-order valence-electron chi connectivity index (χ4n) is 2.56. The van der Waals surface area contributed by atoms with E-state index in [-0.39, 0.29) is 30.2 Å². The maximum absolute atomic E-state index is 12.5. The Morgan fingerprint density at radius 2 is 1.95 bits per heavy atom. The summed E-state index contributed by atoms with van der Waals surface area (Å²) in [4.78, 5) is 12.5. The molecule has 0 unspecified atom stereocenters. The second-order valence-electron chi connectivity index (χ2n) is 5.53. The number of hydrogen-bond donors (Lipinski definition) is 1. The predicted molar refractivity (Wildman–Crippen MR) is 84.1 cm³/mol. The summed E-state index contributed by atoms with van der Waals surface area (Å²) in [5.41, 5.74) is 1.87. The van der Waals surface area contributed by atoms with Crippen molar-refractivity contribution in [3.63, 3.8) is 0 Å². The van der Waals surface area contributed by atoms with Crippen molar-refractivity contribution in [1.82, 2.24) is 5.32 Å². The van der Waals surface area contributed by atoms with Gasteiger partial charge >= 0.3 is 0 Å². The number of Topliss-reactive ketones (excluding diaryl/α,β-unsaturated/α-hetero) is 1. The van der Waals surface area contributed by atoms with E-state index in [9.17, 15) is 4.79 Å². The molecule has 0 atom stereocenters. The SMILES string of the molecule is Cc1cc(OC(C)C)ccc1C(=O)C1CCNCC1.Cl. The highest BCUT2D eigenvalue weighted by molar-refractivity contribution is 5.99. The number of aryl methyl sites for hydroxylation is 1. The van der Waals surface area contributed by atoms with Gasteiger partial charge in [-0.05, 0) is 70.5 Å². The minimum absolute atomic E-state index is 0. The Morgan fingerprint density at radius 1 is 1.30 bits per heavy atom. The molecule has 1 fully saturated rings. The van der Waals surface area contributed by atoms with Crippen molar-refractivity contribution in [1.29, 1.82) is 0 Å². The fourth-order valence-corrected chi connectivity index (χ4v) is 2.56. The van der Waals surface area contributed by atoms with E-state index in [4.69, 9.17) is 4.74 Å². The Balaban J connectivity index is 0.00000200. The molecule has 1 aromatic rings. The van der Waals surface area contributed by atoms with Crippen molar-refractivity contribution in [2.45, 2.75) is 39.7 Å². The lowest BCUT2D eigenvalue weighted by Gasteiger charge is -2.22. The van der Waals surface area contributed by atoms with Gasteiger partial charge in [-0.15, -0.1) is 12.4 Å². The van der Waals surface area contributed by atoms with Gasteiger partial charge in [-0.1, -0.05) is 0 Å². The van der Waals surface area contributed by atoms with E-state index >= 15 is 0 Å². The zero-order valence-corrected chi connectivity index (χ0v) is 13.3. The molecule has 1 aliphatic rings. The number of nitrogens with one attached hydrogen (secondary N) is 1. The van der Waals surface area contributed by atoms with Crippen LogP contribution in [0, 0.1) is 12.8 Å².